The quantitative estimate of drug-likeness (QED) is 0.915. The molecule has 0 spiro atoms. The molecule has 0 unspecified atom stereocenters. The van der Waals surface area contributed by atoms with Gasteiger partial charge in [0.25, 0.3) is 5.91 Å². The summed E-state index contributed by atoms with van der Waals surface area (Å²) >= 11 is 0. The van der Waals surface area contributed by atoms with E-state index in [1.54, 1.807) is 38.3 Å². The van der Waals surface area contributed by atoms with Crippen molar-refractivity contribution in [2.24, 2.45) is 0 Å². The van der Waals surface area contributed by atoms with Crippen LogP contribution in [0.4, 0.5) is 5.69 Å². The number of carbonyl (C=O) groups excluding carboxylic acids is 1. The lowest BCUT2D eigenvalue weighted by Crippen LogP contribution is -2.30. The van der Waals surface area contributed by atoms with Crippen molar-refractivity contribution in [3.8, 4) is 11.5 Å². The Bertz CT molecular complexity index is 608. The van der Waals surface area contributed by atoms with Crippen LogP contribution >= 0.6 is 0 Å². The Labute approximate surface area is 124 Å². The highest BCUT2D eigenvalue weighted by atomic mass is 16.5. The summed E-state index contributed by atoms with van der Waals surface area (Å²) in [6, 6.07) is 14.8. The van der Waals surface area contributed by atoms with Crippen molar-refractivity contribution in [3.05, 3.63) is 54.1 Å². The van der Waals surface area contributed by atoms with E-state index in [9.17, 15) is 4.79 Å². The number of nitrogens with one attached hydrogen (secondary N) is 1. The molecule has 1 N–H and O–H groups in total. The first kappa shape index (κ1) is 14.9. The van der Waals surface area contributed by atoms with E-state index in [2.05, 4.69) is 5.32 Å². The first-order valence-electron chi connectivity index (χ1n) is 6.77. The number of methoxy groups -OCH3 is 1. The molecule has 0 bridgehead atoms. The molecule has 1 atom stereocenters. The summed E-state index contributed by atoms with van der Waals surface area (Å²) in [6.45, 7) is 3.67. The monoisotopic (exact) mass is 285 g/mol. The summed E-state index contributed by atoms with van der Waals surface area (Å²) in [7, 11) is 1.61. The SMILES string of the molecule is COc1ccc(O[C@@H](C)C(=O)Nc2ccccc2C)cc1. The second kappa shape index (κ2) is 6.79. The van der Waals surface area contributed by atoms with Crippen molar-refractivity contribution in [2.45, 2.75) is 20.0 Å². The molecular formula is C17H19NO3. The number of rotatable bonds is 5. The Balaban J connectivity index is 1.97. The van der Waals surface area contributed by atoms with Gasteiger partial charge in [0.15, 0.2) is 6.10 Å². The normalized spacial score (nSPS) is 11.6. The standard InChI is InChI=1S/C17H19NO3/c1-12-6-4-5-7-16(12)18-17(19)13(2)21-15-10-8-14(20-3)9-11-15/h4-11,13H,1-3H3,(H,18,19)/t13-/m0/s1. The van der Waals surface area contributed by atoms with Crippen LogP contribution in [0.2, 0.25) is 0 Å². The van der Waals surface area contributed by atoms with Crippen LogP contribution in [0.15, 0.2) is 48.5 Å². The zero-order chi connectivity index (χ0) is 15.2. The molecule has 1 amide bonds. The number of hydrogen-bond acceptors (Lipinski definition) is 3. The number of benzene rings is 2. The number of hydrogen-bond donors (Lipinski definition) is 1. The van der Waals surface area contributed by atoms with Gasteiger partial charge in [-0.3, -0.25) is 4.79 Å². The number of ether oxygens (including phenoxy) is 2. The molecule has 2 aromatic rings. The first-order chi connectivity index (χ1) is 10.1. The minimum atomic E-state index is -0.585. The van der Waals surface area contributed by atoms with Gasteiger partial charge in [0.1, 0.15) is 11.5 Å². The number of carbonyl (C=O) groups is 1. The van der Waals surface area contributed by atoms with Crippen LogP contribution in [0.1, 0.15) is 12.5 Å². The van der Waals surface area contributed by atoms with Crippen LogP contribution in [0.25, 0.3) is 0 Å². The molecule has 4 nitrogen and oxygen atoms in total. The van der Waals surface area contributed by atoms with E-state index in [-0.39, 0.29) is 5.91 Å². The largest absolute Gasteiger partial charge is 0.497 e. The lowest BCUT2D eigenvalue weighted by molar-refractivity contribution is -0.122. The topological polar surface area (TPSA) is 47.6 Å². The van der Waals surface area contributed by atoms with Gasteiger partial charge in [0.05, 0.1) is 7.11 Å². The second-order valence-electron chi connectivity index (χ2n) is 4.74. The van der Waals surface area contributed by atoms with Crippen LogP contribution in [-0.2, 0) is 4.79 Å². The molecule has 2 aromatic carbocycles. The molecule has 0 saturated heterocycles. The van der Waals surface area contributed by atoms with Gasteiger partial charge in [-0.2, -0.15) is 0 Å². The lowest BCUT2D eigenvalue weighted by atomic mass is 10.2. The number of aryl methyl sites for hydroxylation is 1. The van der Waals surface area contributed by atoms with Gasteiger partial charge in [-0.1, -0.05) is 18.2 Å². The van der Waals surface area contributed by atoms with Gasteiger partial charge < -0.3 is 14.8 Å². The Hall–Kier alpha value is -2.49. The minimum Gasteiger partial charge on any atom is -0.497 e. The molecule has 0 aliphatic carbocycles. The van der Waals surface area contributed by atoms with E-state index in [1.807, 2.05) is 31.2 Å². The van der Waals surface area contributed by atoms with E-state index in [0.29, 0.717) is 5.75 Å². The summed E-state index contributed by atoms with van der Waals surface area (Å²) < 4.78 is 10.7. The molecule has 0 aliphatic heterocycles. The number of para-hydroxylation sites is 1. The highest BCUT2D eigenvalue weighted by molar-refractivity contribution is 5.94. The maximum atomic E-state index is 12.1. The van der Waals surface area contributed by atoms with Gasteiger partial charge in [-0.15, -0.1) is 0 Å². The lowest BCUT2D eigenvalue weighted by Gasteiger charge is -2.16. The average Bonchev–Trinajstić information content (AvgIpc) is 2.50. The molecule has 21 heavy (non-hydrogen) atoms. The van der Waals surface area contributed by atoms with Crippen LogP contribution in [0.3, 0.4) is 0 Å². The molecule has 0 aromatic heterocycles. The fourth-order valence-corrected chi connectivity index (χ4v) is 1.86. The molecule has 4 heteroatoms. The van der Waals surface area contributed by atoms with Crippen molar-refractivity contribution in [2.75, 3.05) is 12.4 Å². The van der Waals surface area contributed by atoms with Crippen LogP contribution in [0, 0.1) is 6.92 Å². The van der Waals surface area contributed by atoms with Gasteiger partial charge in [-0.05, 0) is 49.7 Å². The predicted octanol–water partition coefficient (Wildman–Crippen LogP) is 3.41. The Kier molecular flexibility index (Phi) is 4.82. The van der Waals surface area contributed by atoms with E-state index in [0.717, 1.165) is 17.0 Å². The summed E-state index contributed by atoms with van der Waals surface area (Å²) in [5.41, 5.74) is 1.81. The van der Waals surface area contributed by atoms with Gasteiger partial charge in [0, 0.05) is 5.69 Å². The third-order valence-corrected chi connectivity index (χ3v) is 3.14. The van der Waals surface area contributed by atoms with E-state index in [1.165, 1.54) is 0 Å². The molecule has 0 heterocycles. The fourth-order valence-electron chi connectivity index (χ4n) is 1.86. The third-order valence-electron chi connectivity index (χ3n) is 3.14. The summed E-state index contributed by atoms with van der Waals surface area (Å²) in [5.74, 6) is 1.20. The zero-order valence-corrected chi connectivity index (χ0v) is 12.4. The maximum Gasteiger partial charge on any atom is 0.265 e. The van der Waals surface area contributed by atoms with Crippen molar-refractivity contribution in [1.82, 2.24) is 0 Å². The molecule has 0 fully saturated rings. The number of anilines is 1. The van der Waals surface area contributed by atoms with Crippen molar-refractivity contribution < 1.29 is 14.3 Å². The van der Waals surface area contributed by atoms with Crippen molar-refractivity contribution in [3.63, 3.8) is 0 Å². The smallest absolute Gasteiger partial charge is 0.265 e. The zero-order valence-electron chi connectivity index (χ0n) is 12.4. The van der Waals surface area contributed by atoms with Crippen molar-refractivity contribution >= 4 is 11.6 Å². The summed E-state index contributed by atoms with van der Waals surface area (Å²) in [6.07, 6.45) is -0.585. The van der Waals surface area contributed by atoms with E-state index < -0.39 is 6.10 Å². The highest BCUT2D eigenvalue weighted by Gasteiger charge is 2.15. The minimum absolute atomic E-state index is 0.180. The van der Waals surface area contributed by atoms with E-state index in [4.69, 9.17) is 9.47 Å². The molecule has 0 aliphatic rings. The van der Waals surface area contributed by atoms with Crippen LogP contribution in [-0.4, -0.2) is 19.1 Å². The maximum absolute atomic E-state index is 12.1. The average molecular weight is 285 g/mol. The second-order valence-corrected chi connectivity index (χ2v) is 4.74. The Morgan fingerprint density at radius 3 is 2.29 bits per heavy atom. The van der Waals surface area contributed by atoms with E-state index >= 15 is 0 Å². The van der Waals surface area contributed by atoms with Crippen LogP contribution < -0.4 is 14.8 Å². The first-order valence-corrected chi connectivity index (χ1v) is 6.77. The molecule has 0 radical (unpaired) electrons. The molecule has 110 valence electrons. The molecule has 0 saturated carbocycles. The number of amides is 1. The Morgan fingerprint density at radius 2 is 1.67 bits per heavy atom. The van der Waals surface area contributed by atoms with Gasteiger partial charge in [0.2, 0.25) is 0 Å². The predicted molar refractivity (Wildman–Crippen MR) is 82.9 cm³/mol. The van der Waals surface area contributed by atoms with Crippen LogP contribution in [0.5, 0.6) is 11.5 Å². The van der Waals surface area contributed by atoms with Crippen molar-refractivity contribution in [1.29, 1.82) is 0 Å². The highest BCUT2D eigenvalue weighted by Crippen LogP contribution is 2.19. The Morgan fingerprint density at radius 1 is 1.05 bits per heavy atom. The molecule has 2 rings (SSSR count). The summed E-state index contributed by atoms with van der Waals surface area (Å²) in [5, 5.41) is 2.86. The summed E-state index contributed by atoms with van der Waals surface area (Å²) in [4.78, 5) is 12.1. The van der Waals surface area contributed by atoms with Gasteiger partial charge in [-0.25, -0.2) is 0 Å². The van der Waals surface area contributed by atoms with Gasteiger partial charge >= 0.3 is 0 Å². The molecular weight excluding hydrogens is 266 g/mol. The third kappa shape index (κ3) is 3.99. The fraction of sp³-hybridized carbons (Fsp3) is 0.235.